The van der Waals surface area contributed by atoms with E-state index in [1.54, 1.807) is 0 Å². The lowest BCUT2D eigenvalue weighted by atomic mass is 9.48. The normalized spacial score (nSPS) is 21.8. The SMILES string of the molecule is C=CC[C@@H](B1OC(C)(C)C(C)(C)O1)[C@H](C)B1Nc2cccc3cccc(c23)N1. The average Bonchev–Trinajstić information content (AvgIpc) is 2.86. The summed E-state index contributed by atoms with van der Waals surface area (Å²) in [6, 6.07) is 12.8. The van der Waals surface area contributed by atoms with Crippen LogP contribution in [-0.4, -0.2) is 25.3 Å². The van der Waals surface area contributed by atoms with E-state index in [-0.39, 0.29) is 36.9 Å². The Hall–Kier alpha value is -1.91. The van der Waals surface area contributed by atoms with Crippen molar-refractivity contribution in [3.05, 3.63) is 49.1 Å². The predicted octanol–water partition coefficient (Wildman–Crippen LogP) is 5.59. The highest BCUT2D eigenvalue weighted by Crippen LogP contribution is 2.46. The first-order valence-electron chi connectivity index (χ1n) is 10.2. The number of rotatable bonds is 5. The van der Waals surface area contributed by atoms with Crippen molar-refractivity contribution in [2.45, 2.75) is 63.9 Å². The van der Waals surface area contributed by atoms with Gasteiger partial charge in [-0.25, -0.2) is 0 Å². The molecule has 2 atom stereocenters. The predicted molar refractivity (Wildman–Crippen MR) is 121 cm³/mol. The minimum Gasteiger partial charge on any atom is -0.409 e. The lowest BCUT2D eigenvalue weighted by Gasteiger charge is -2.34. The molecule has 146 valence electrons. The molecule has 6 heteroatoms. The van der Waals surface area contributed by atoms with E-state index in [0.717, 1.165) is 6.42 Å². The van der Waals surface area contributed by atoms with Gasteiger partial charge in [-0.2, -0.15) is 0 Å². The molecule has 0 aromatic heterocycles. The van der Waals surface area contributed by atoms with Crippen LogP contribution >= 0.6 is 0 Å². The van der Waals surface area contributed by atoms with E-state index in [1.807, 2.05) is 6.08 Å². The summed E-state index contributed by atoms with van der Waals surface area (Å²) in [5.41, 5.74) is 1.69. The Morgan fingerprint density at radius 2 is 1.54 bits per heavy atom. The highest BCUT2D eigenvalue weighted by molar-refractivity contribution is 6.71. The summed E-state index contributed by atoms with van der Waals surface area (Å²) in [6.07, 6.45) is 2.81. The van der Waals surface area contributed by atoms with E-state index in [1.165, 1.54) is 22.1 Å². The second-order valence-corrected chi connectivity index (χ2v) is 9.15. The van der Waals surface area contributed by atoms with Crippen LogP contribution in [0.2, 0.25) is 11.6 Å². The molecule has 2 heterocycles. The zero-order chi connectivity index (χ0) is 20.1. The van der Waals surface area contributed by atoms with Crippen LogP contribution in [0.15, 0.2) is 49.1 Å². The maximum Gasteiger partial charge on any atom is 0.461 e. The van der Waals surface area contributed by atoms with Crippen LogP contribution in [0.1, 0.15) is 41.0 Å². The number of benzene rings is 2. The van der Waals surface area contributed by atoms with E-state index in [9.17, 15) is 0 Å². The lowest BCUT2D eigenvalue weighted by molar-refractivity contribution is 0.00578. The number of nitrogens with one attached hydrogen (secondary N) is 2. The van der Waals surface area contributed by atoms with Crippen LogP contribution in [0.5, 0.6) is 0 Å². The van der Waals surface area contributed by atoms with E-state index in [2.05, 4.69) is 88.1 Å². The highest BCUT2D eigenvalue weighted by Gasteiger charge is 2.55. The Balaban J connectivity index is 1.61. The second-order valence-electron chi connectivity index (χ2n) is 9.15. The third-order valence-electron chi connectivity index (χ3n) is 6.79. The molecule has 1 saturated heterocycles. The van der Waals surface area contributed by atoms with E-state index in [0.29, 0.717) is 0 Å². The molecule has 4 rings (SSSR count). The van der Waals surface area contributed by atoms with Crippen molar-refractivity contribution in [1.29, 1.82) is 0 Å². The number of allylic oxidation sites excluding steroid dienone is 1. The van der Waals surface area contributed by atoms with Crippen LogP contribution in [0.3, 0.4) is 0 Å². The lowest BCUT2D eigenvalue weighted by Crippen LogP contribution is -2.45. The maximum atomic E-state index is 6.39. The summed E-state index contributed by atoms with van der Waals surface area (Å²) in [5.74, 6) is 0.448. The average molecular weight is 376 g/mol. The Morgan fingerprint density at radius 1 is 1.00 bits per heavy atom. The standard InChI is InChI=1S/C22H30B2N2O2/c1-7-10-17(24-27-21(3,4)22(5,6)28-24)15(2)23-25-18-13-8-11-16-12-9-14-19(26-23)20(16)18/h7-9,11-15,17,25-26H,1,10H2,2-6H3/t15-,17+/m0/s1. The van der Waals surface area contributed by atoms with Crippen LogP contribution < -0.4 is 10.5 Å². The fraction of sp³-hybridized carbons (Fsp3) is 0.455. The molecular formula is C22H30B2N2O2. The van der Waals surface area contributed by atoms with Crippen molar-refractivity contribution in [3.8, 4) is 0 Å². The molecule has 0 aliphatic carbocycles. The van der Waals surface area contributed by atoms with Crippen molar-refractivity contribution in [2.24, 2.45) is 0 Å². The van der Waals surface area contributed by atoms with Crippen molar-refractivity contribution in [3.63, 3.8) is 0 Å². The number of hydrogen-bond acceptors (Lipinski definition) is 4. The fourth-order valence-corrected chi connectivity index (χ4v) is 4.29. The van der Waals surface area contributed by atoms with Gasteiger partial charge in [-0.05, 0) is 63.3 Å². The van der Waals surface area contributed by atoms with Gasteiger partial charge in [-0.3, -0.25) is 0 Å². The molecule has 0 bridgehead atoms. The molecule has 0 unspecified atom stereocenters. The molecule has 1 fully saturated rings. The summed E-state index contributed by atoms with van der Waals surface area (Å²) in [5, 5.41) is 9.92. The zero-order valence-corrected chi connectivity index (χ0v) is 17.6. The molecule has 2 aromatic rings. The zero-order valence-electron chi connectivity index (χ0n) is 17.6. The Kier molecular flexibility index (Phi) is 4.75. The molecule has 0 amide bonds. The van der Waals surface area contributed by atoms with Gasteiger partial charge in [0.1, 0.15) is 0 Å². The molecule has 28 heavy (non-hydrogen) atoms. The van der Waals surface area contributed by atoms with Crippen molar-refractivity contribution in [2.75, 3.05) is 10.5 Å². The summed E-state index contributed by atoms with van der Waals surface area (Å²) in [4.78, 5) is 0. The van der Waals surface area contributed by atoms with E-state index >= 15 is 0 Å². The van der Waals surface area contributed by atoms with Gasteiger partial charge in [0.25, 0.3) is 0 Å². The minimum atomic E-state index is -0.331. The fourth-order valence-electron chi connectivity index (χ4n) is 4.29. The monoisotopic (exact) mass is 376 g/mol. The van der Waals surface area contributed by atoms with Crippen LogP contribution in [-0.2, 0) is 9.31 Å². The largest absolute Gasteiger partial charge is 0.461 e. The summed E-state index contributed by atoms with van der Waals surface area (Å²) < 4.78 is 12.8. The van der Waals surface area contributed by atoms with Gasteiger partial charge >= 0.3 is 14.1 Å². The molecule has 2 N–H and O–H groups in total. The smallest absolute Gasteiger partial charge is 0.409 e. The van der Waals surface area contributed by atoms with Gasteiger partial charge in [0.2, 0.25) is 0 Å². The third kappa shape index (κ3) is 3.13. The van der Waals surface area contributed by atoms with Crippen molar-refractivity contribution >= 4 is 36.2 Å². The van der Waals surface area contributed by atoms with Gasteiger partial charge in [-0.1, -0.05) is 37.3 Å². The summed E-state index contributed by atoms with van der Waals surface area (Å²) in [7, 11) is -0.255. The van der Waals surface area contributed by atoms with Gasteiger partial charge in [0.15, 0.2) is 0 Å². The highest BCUT2D eigenvalue weighted by atomic mass is 16.7. The third-order valence-corrected chi connectivity index (χ3v) is 6.79. The van der Waals surface area contributed by atoms with Gasteiger partial charge in [-0.15, -0.1) is 6.58 Å². The number of anilines is 2. The van der Waals surface area contributed by atoms with Gasteiger partial charge in [0, 0.05) is 16.8 Å². The van der Waals surface area contributed by atoms with Gasteiger partial charge < -0.3 is 19.8 Å². The summed E-state index contributed by atoms with van der Waals surface area (Å²) in [6.45, 7) is 14.8. The van der Waals surface area contributed by atoms with E-state index < -0.39 is 0 Å². The Bertz CT molecular complexity index is 842. The molecule has 0 spiro atoms. The van der Waals surface area contributed by atoms with Crippen molar-refractivity contribution < 1.29 is 9.31 Å². The molecular weight excluding hydrogens is 346 g/mol. The Labute approximate surface area is 169 Å². The summed E-state index contributed by atoms with van der Waals surface area (Å²) >= 11 is 0. The molecule has 0 saturated carbocycles. The van der Waals surface area contributed by atoms with Gasteiger partial charge in [0.05, 0.1) is 11.2 Å². The number of hydrogen-bond donors (Lipinski definition) is 2. The molecule has 0 radical (unpaired) electrons. The van der Waals surface area contributed by atoms with Crippen LogP contribution in [0.25, 0.3) is 10.8 Å². The van der Waals surface area contributed by atoms with Crippen LogP contribution in [0, 0.1) is 0 Å². The molecule has 2 aliphatic heterocycles. The first kappa shape index (κ1) is 19.4. The topological polar surface area (TPSA) is 42.5 Å². The quantitative estimate of drug-likeness (QED) is 0.527. The molecule has 2 aromatic carbocycles. The second kappa shape index (κ2) is 6.85. The maximum absolute atomic E-state index is 6.39. The molecule has 2 aliphatic rings. The first-order valence-corrected chi connectivity index (χ1v) is 10.2. The van der Waals surface area contributed by atoms with E-state index in [4.69, 9.17) is 9.31 Å². The van der Waals surface area contributed by atoms with Crippen molar-refractivity contribution in [1.82, 2.24) is 0 Å². The Morgan fingerprint density at radius 3 is 2.04 bits per heavy atom. The minimum absolute atomic E-state index is 0.0875. The molecule has 4 nitrogen and oxygen atoms in total. The first-order chi connectivity index (χ1) is 13.2. The van der Waals surface area contributed by atoms with Crippen LogP contribution in [0.4, 0.5) is 11.4 Å².